The molecule has 2 aliphatic heterocycles. The van der Waals surface area contributed by atoms with Crippen molar-refractivity contribution in [3.05, 3.63) is 30.1 Å². The van der Waals surface area contributed by atoms with Gasteiger partial charge < -0.3 is 10.1 Å². The monoisotopic (exact) mass is 272 g/mol. The zero-order chi connectivity index (χ0) is 14.3. The minimum absolute atomic E-state index is 0.0874. The first-order valence-electron chi connectivity index (χ1n) is 7.18. The molecule has 20 heavy (non-hydrogen) atoms. The highest BCUT2D eigenvalue weighted by atomic mass is 16.5. The maximum absolute atomic E-state index is 5.38. The predicted octanol–water partition coefficient (Wildman–Crippen LogP) is 2.47. The fraction of sp³-hybridized carbons (Fsp3) is 0.438. The lowest BCUT2D eigenvalue weighted by Gasteiger charge is -2.37. The number of hydrogen-bond acceptors (Lipinski definition) is 3. The van der Waals surface area contributed by atoms with Crippen LogP contribution in [0.1, 0.15) is 33.6 Å². The normalized spacial score (nSPS) is 22.3. The highest BCUT2D eigenvalue weighted by Crippen LogP contribution is 2.34. The van der Waals surface area contributed by atoms with Crippen LogP contribution in [0, 0.1) is 0 Å². The van der Waals surface area contributed by atoms with Gasteiger partial charge in [0.25, 0.3) is 0 Å². The minimum atomic E-state index is -0.0874. The molecule has 0 bridgehead atoms. The summed E-state index contributed by atoms with van der Waals surface area (Å²) in [6.45, 7) is 6.60. The second-order valence-electron chi connectivity index (χ2n) is 5.91. The molecule has 2 N–H and O–H groups in total. The van der Waals surface area contributed by atoms with Crippen LogP contribution < -0.4 is 15.0 Å². The summed E-state index contributed by atoms with van der Waals surface area (Å²) < 4.78 is 5.38. The number of rotatable bonds is 3. The van der Waals surface area contributed by atoms with Gasteiger partial charge in [0.15, 0.2) is 11.4 Å². The maximum Gasteiger partial charge on any atom is 0.211 e. The Labute approximate surface area is 120 Å². The molecule has 0 aromatic heterocycles. The first-order chi connectivity index (χ1) is 9.56. The Bertz CT molecular complexity index is 602. The number of amidine groups is 1. The van der Waals surface area contributed by atoms with Crippen LogP contribution in [0.2, 0.25) is 0 Å². The predicted molar refractivity (Wildman–Crippen MR) is 81.7 cm³/mol. The lowest BCUT2D eigenvalue weighted by atomic mass is 9.95. The van der Waals surface area contributed by atoms with E-state index in [4.69, 9.17) is 4.74 Å². The molecule has 3 rings (SSSR count). The molecule has 4 heteroatoms. The van der Waals surface area contributed by atoms with Crippen molar-refractivity contribution in [3.8, 4) is 5.75 Å². The molecular formula is C16H22N3O+. The van der Waals surface area contributed by atoms with Gasteiger partial charge >= 0.3 is 0 Å². The van der Waals surface area contributed by atoms with Crippen molar-refractivity contribution >= 4 is 17.2 Å². The third-order valence-electron chi connectivity index (χ3n) is 4.01. The van der Waals surface area contributed by atoms with Crippen LogP contribution in [-0.2, 0) is 0 Å². The quantitative estimate of drug-likeness (QED) is 0.887. The zero-order valence-electron chi connectivity index (χ0n) is 12.6. The Morgan fingerprint density at radius 3 is 2.85 bits per heavy atom. The zero-order valence-corrected chi connectivity index (χ0v) is 12.6. The van der Waals surface area contributed by atoms with Crippen molar-refractivity contribution in [2.24, 2.45) is 4.99 Å². The van der Waals surface area contributed by atoms with Crippen LogP contribution in [0.3, 0.4) is 0 Å². The van der Waals surface area contributed by atoms with E-state index < -0.39 is 0 Å². The Morgan fingerprint density at radius 2 is 2.15 bits per heavy atom. The van der Waals surface area contributed by atoms with Crippen molar-refractivity contribution in [1.29, 1.82) is 0 Å². The highest BCUT2D eigenvalue weighted by molar-refractivity contribution is 5.83. The second kappa shape index (κ2) is 4.63. The average molecular weight is 272 g/mol. The molecule has 0 spiro atoms. The van der Waals surface area contributed by atoms with Gasteiger partial charge in [0.2, 0.25) is 5.84 Å². The molecule has 0 saturated heterocycles. The van der Waals surface area contributed by atoms with E-state index in [2.05, 4.69) is 43.2 Å². The van der Waals surface area contributed by atoms with E-state index in [1.807, 2.05) is 12.3 Å². The number of anilines is 1. The third-order valence-corrected chi connectivity index (χ3v) is 4.01. The number of nitrogens with one attached hydrogen (secondary N) is 2. The number of aliphatic imine (C=N–C) groups is 1. The van der Waals surface area contributed by atoms with Crippen molar-refractivity contribution in [2.45, 2.75) is 39.2 Å². The van der Waals surface area contributed by atoms with Gasteiger partial charge in [-0.1, -0.05) is 6.92 Å². The number of hydrogen-bond donors (Lipinski definition) is 2. The van der Waals surface area contributed by atoms with E-state index in [-0.39, 0.29) is 5.54 Å². The lowest BCUT2D eigenvalue weighted by Crippen LogP contribution is -3.10. The molecule has 4 nitrogen and oxygen atoms in total. The van der Waals surface area contributed by atoms with E-state index in [9.17, 15) is 0 Å². The van der Waals surface area contributed by atoms with Crippen LogP contribution in [0.4, 0.5) is 11.4 Å². The smallest absolute Gasteiger partial charge is 0.211 e. The van der Waals surface area contributed by atoms with Gasteiger partial charge in [0.05, 0.1) is 19.0 Å². The highest BCUT2D eigenvalue weighted by Gasteiger charge is 2.44. The van der Waals surface area contributed by atoms with Gasteiger partial charge in [-0.05, 0) is 32.4 Å². The van der Waals surface area contributed by atoms with E-state index in [0.717, 1.165) is 24.3 Å². The Hall–Kier alpha value is -1.81. The Balaban J connectivity index is 2.11. The van der Waals surface area contributed by atoms with Crippen LogP contribution in [-0.4, -0.2) is 18.5 Å². The first-order valence-corrected chi connectivity index (χ1v) is 7.18. The van der Waals surface area contributed by atoms with E-state index in [1.165, 1.54) is 22.1 Å². The molecule has 1 aromatic rings. The second-order valence-corrected chi connectivity index (χ2v) is 5.91. The molecule has 0 fully saturated rings. The molecule has 0 radical (unpaired) electrons. The summed E-state index contributed by atoms with van der Waals surface area (Å²) in [4.78, 5) is 5.95. The molecule has 0 amide bonds. The van der Waals surface area contributed by atoms with E-state index >= 15 is 0 Å². The van der Waals surface area contributed by atoms with Gasteiger partial charge in [-0.3, -0.25) is 0 Å². The fourth-order valence-corrected chi connectivity index (χ4v) is 3.00. The number of ether oxygens (including phenoxy) is 1. The molecule has 2 aliphatic rings. The molecule has 0 saturated carbocycles. The maximum atomic E-state index is 5.38. The van der Waals surface area contributed by atoms with Crippen LogP contribution in [0.25, 0.3) is 0 Å². The summed E-state index contributed by atoms with van der Waals surface area (Å²) in [5, 5.41) is 3.60. The molecule has 0 aliphatic carbocycles. The van der Waals surface area contributed by atoms with Crippen molar-refractivity contribution in [2.75, 3.05) is 12.4 Å². The Morgan fingerprint density at radius 1 is 1.35 bits per heavy atom. The topological polar surface area (TPSA) is 38.1 Å². The number of methoxy groups -OCH3 is 1. The van der Waals surface area contributed by atoms with Crippen LogP contribution >= 0.6 is 0 Å². The molecule has 1 aromatic carbocycles. The molecule has 1 unspecified atom stereocenters. The third kappa shape index (κ3) is 1.91. The summed E-state index contributed by atoms with van der Waals surface area (Å²) in [7, 11) is 1.71. The average Bonchev–Trinajstić information content (AvgIpc) is 2.84. The Kier molecular flexibility index (Phi) is 3.05. The van der Waals surface area contributed by atoms with Crippen molar-refractivity contribution < 1.29 is 9.64 Å². The summed E-state index contributed by atoms with van der Waals surface area (Å²) >= 11 is 0. The van der Waals surface area contributed by atoms with Gasteiger partial charge in [0, 0.05) is 12.5 Å². The largest absolute Gasteiger partial charge is 0.497 e. The van der Waals surface area contributed by atoms with Crippen LogP contribution in [0.15, 0.2) is 35.1 Å². The standard InChI is InChI=1S/C16H21N3O/c1-5-6-15-17-10-14-16(2,3)18-12-8-7-11(20-4)9-13(12)19(14)15/h7-10,18H,5-6H2,1-4H3/p+1. The molecule has 106 valence electrons. The van der Waals surface area contributed by atoms with Gasteiger partial charge in [0.1, 0.15) is 11.3 Å². The minimum Gasteiger partial charge on any atom is -0.497 e. The van der Waals surface area contributed by atoms with Gasteiger partial charge in [-0.15, -0.1) is 0 Å². The summed E-state index contributed by atoms with van der Waals surface area (Å²) in [5.74, 6) is 2.09. The summed E-state index contributed by atoms with van der Waals surface area (Å²) in [6, 6.07) is 6.21. The van der Waals surface area contributed by atoms with Crippen molar-refractivity contribution in [3.63, 3.8) is 0 Å². The molecule has 1 atom stereocenters. The lowest BCUT2D eigenvalue weighted by molar-refractivity contribution is -0.689. The van der Waals surface area contributed by atoms with E-state index in [1.54, 1.807) is 7.11 Å². The number of fused-ring (bicyclic) bond motifs is 3. The van der Waals surface area contributed by atoms with Gasteiger partial charge in [-0.2, -0.15) is 0 Å². The molecule has 2 heterocycles. The first kappa shape index (κ1) is 13.2. The van der Waals surface area contributed by atoms with Crippen LogP contribution in [0.5, 0.6) is 5.75 Å². The summed E-state index contributed by atoms with van der Waals surface area (Å²) in [5.41, 5.74) is 3.56. The van der Waals surface area contributed by atoms with Gasteiger partial charge in [-0.25, -0.2) is 9.89 Å². The summed E-state index contributed by atoms with van der Waals surface area (Å²) in [6.07, 6.45) is 4.15. The van der Waals surface area contributed by atoms with Crippen molar-refractivity contribution in [1.82, 2.24) is 0 Å². The van der Waals surface area contributed by atoms with E-state index in [0.29, 0.717) is 0 Å². The fourth-order valence-electron chi connectivity index (χ4n) is 3.00. The number of nitrogens with zero attached hydrogens (tertiary/aromatic N) is 1. The number of benzene rings is 1. The number of quaternary nitrogens is 1. The molecular weight excluding hydrogens is 250 g/mol. The SMILES string of the molecule is CCCC1=NC=C2[NH+]1c1cc(OC)ccc1NC2(C)C.